The van der Waals surface area contributed by atoms with Crippen LogP contribution >= 0.6 is 11.8 Å². The van der Waals surface area contributed by atoms with Gasteiger partial charge < -0.3 is 15.0 Å². The molecule has 1 atom stereocenters. The predicted octanol–water partition coefficient (Wildman–Crippen LogP) is 2.19. The van der Waals surface area contributed by atoms with E-state index >= 15 is 0 Å². The maximum atomic E-state index is 13.1. The van der Waals surface area contributed by atoms with Gasteiger partial charge in [0, 0.05) is 39.2 Å². The molecule has 4 rings (SSSR count). The zero-order chi connectivity index (χ0) is 22.3. The molecule has 2 aliphatic heterocycles. The zero-order valence-electron chi connectivity index (χ0n) is 18.3. The standard InChI is InChI=1S/C23H30N4O4S/c28-20(24-15-17-7-6-14-31-17)10-5-13-27-22(30)18-8-1-2-9-19(18)25-23(27)32-16-21(29)26-11-3-4-12-26/h1-2,8-9,17H,3-7,10-16H2,(H,24,28). The molecule has 0 saturated carbocycles. The smallest absolute Gasteiger partial charge is 0.262 e. The molecule has 0 spiro atoms. The molecule has 2 fully saturated rings. The molecule has 2 aromatic rings. The fourth-order valence-corrected chi connectivity index (χ4v) is 5.09. The average molecular weight is 459 g/mol. The number of carbonyl (C=O) groups excluding carboxylic acids is 2. The summed E-state index contributed by atoms with van der Waals surface area (Å²) in [6.45, 7) is 3.29. The van der Waals surface area contributed by atoms with Crippen molar-refractivity contribution in [3.8, 4) is 0 Å². The monoisotopic (exact) mass is 458 g/mol. The quantitative estimate of drug-likeness (QED) is 0.457. The Bertz CT molecular complexity index is 1010. The van der Waals surface area contributed by atoms with Gasteiger partial charge in [-0.05, 0) is 44.2 Å². The molecule has 3 heterocycles. The Morgan fingerprint density at radius 2 is 2.00 bits per heavy atom. The van der Waals surface area contributed by atoms with E-state index in [1.54, 1.807) is 10.6 Å². The highest BCUT2D eigenvalue weighted by molar-refractivity contribution is 7.99. The molecule has 172 valence electrons. The number of hydrogen-bond donors (Lipinski definition) is 1. The largest absolute Gasteiger partial charge is 0.376 e. The van der Waals surface area contributed by atoms with Crippen molar-refractivity contribution in [3.05, 3.63) is 34.6 Å². The minimum atomic E-state index is -0.133. The fourth-order valence-electron chi connectivity index (χ4n) is 4.16. The van der Waals surface area contributed by atoms with Crippen molar-refractivity contribution in [1.29, 1.82) is 0 Å². The average Bonchev–Trinajstić information content (AvgIpc) is 3.52. The molecule has 2 saturated heterocycles. The molecule has 9 heteroatoms. The summed E-state index contributed by atoms with van der Waals surface area (Å²) in [5.74, 6) is 0.294. The van der Waals surface area contributed by atoms with Gasteiger partial charge in [-0.15, -0.1) is 0 Å². The molecule has 32 heavy (non-hydrogen) atoms. The number of fused-ring (bicyclic) bond motifs is 1. The summed E-state index contributed by atoms with van der Waals surface area (Å²) in [4.78, 5) is 44.4. The third kappa shape index (κ3) is 5.69. The number of hydrogen-bond acceptors (Lipinski definition) is 6. The summed E-state index contributed by atoms with van der Waals surface area (Å²) in [6.07, 6.45) is 5.07. The maximum absolute atomic E-state index is 13.1. The van der Waals surface area contributed by atoms with Crippen LogP contribution in [0.1, 0.15) is 38.5 Å². The maximum Gasteiger partial charge on any atom is 0.262 e. The van der Waals surface area contributed by atoms with E-state index < -0.39 is 0 Å². The highest BCUT2D eigenvalue weighted by atomic mass is 32.2. The van der Waals surface area contributed by atoms with Gasteiger partial charge in [-0.25, -0.2) is 4.98 Å². The molecule has 0 radical (unpaired) electrons. The van der Waals surface area contributed by atoms with Gasteiger partial charge in [0.2, 0.25) is 11.8 Å². The van der Waals surface area contributed by atoms with E-state index in [-0.39, 0.29) is 29.2 Å². The number of amides is 2. The Morgan fingerprint density at radius 3 is 2.78 bits per heavy atom. The van der Waals surface area contributed by atoms with E-state index in [4.69, 9.17) is 4.74 Å². The highest BCUT2D eigenvalue weighted by Crippen LogP contribution is 2.20. The van der Waals surface area contributed by atoms with Crippen LogP contribution in [0.25, 0.3) is 10.9 Å². The van der Waals surface area contributed by atoms with Gasteiger partial charge in [0.15, 0.2) is 5.16 Å². The number of rotatable bonds is 9. The SMILES string of the molecule is O=C(CCCn1c(SCC(=O)N2CCCC2)nc2ccccc2c1=O)NCC1CCCO1. The molecular weight excluding hydrogens is 428 g/mol. The van der Waals surface area contributed by atoms with Crippen molar-refractivity contribution >= 4 is 34.5 Å². The fraction of sp³-hybridized carbons (Fsp3) is 0.565. The second-order valence-corrected chi connectivity index (χ2v) is 9.23. The molecule has 0 aliphatic carbocycles. The van der Waals surface area contributed by atoms with E-state index in [1.807, 2.05) is 23.1 Å². The molecule has 1 unspecified atom stereocenters. The number of thioether (sulfide) groups is 1. The molecule has 1 aromatic heterocycles. The van der Waals surface area contributed by atoms with E-state index in [9.17, 15) is 14.4 Å². The Labute approximate surface area is 191 Å². The molecule has 0 bridgehead atoms. The molecule has 2 amide bonds. The van der Waals surface area contributed by atoms with E-state index in [0.29, 0.717) is 42.0 Å². The lowest BCUT2D eigenvalue weighted by molar-refractivity contribution is -0.127. The number of benzene rings is 1. The summed E-state index contributed by atoms with van der Waals surface area (Å²) in [6, 6.07) is 7.24. The predicted molar refractivity (Wildman–Crippen MR) is 124 cm³/mol. The molecule has 1 N–H and O–H groups in total. The molecular formula is C23H30N4O4S. The lowest BCUT2D eigenvalue weighted by atomic mass is 10.2. The normalized spacial score (nSPS) is 18.4. The van der Waals surface area contributed by atoms with Crippen molar-refractivity contribution in [2.45, 2.75) is 56.3 Å². The first-order valence-electron chi connectivity index (χ1n) is 11.4. The summed E-state index contributed by atoms with van der Waals surface area (Å²) >= 11 is 1.30. The Hall–Kier alpha value is -2.39. The number of nitrogens with zero attached hydrogens (tertiary/aromatic N) is 3. The van der Waals surface area contributed by atoms with Crippen molar-refractivity contribution in [1.82, 2.24) is 19.8 Å². The zero-order valence-corrected chi connectivity index (χ0v) is 19.1. The number of ether oxygens (including phenoxy) is 1. The van der Waals surface area contributed by atoms with Crippen LogP contribution in [0, 0.1) is 0 Å². The Morgan fingerprint density at radius 1 is 1.19 bits per heavy atom. The first-order chi connectivity index (χ1) is 15.6. The summed E-state index contributed by atoms with van der Waals surface area (Å²) < 4.78 is 7.14. The summed E-state index contributed by atoms with van der Waals surface area (Å²) in [5.41, 5.74) is 0.491. The van der Waals surface area contributed by atoms with Crippen LogP contribution in [-0.2, 0) is 20.9 Å². The van der Waals surface area contributed by atoms with E-state index in [2.05, 4.69) is 10.3 Å². The van der Waals surface area contributed by atoms with E-state index in [0.717, 1.165) is 45.4 Å². The number of carbonyl (C=O) groups is 2. The van der Waals surface area contributed by atoms with Crippen LogP contribution in [-0.4, -0.2) is 64.4 Å². The molecule has 2 aliphatic rings. The van der Waals surface area contributed by atoms with Gasteiger partial charge in [0.05, 0.1) is 22.8 Å². The number of aromatic nitrogens is 2. The van der Waals surface area contributed by atoms with Crippen LogP contribution in [0.4, 0.5) is 0 Å². The second kappa shape index (κ2) is 11.0. The van der Waals surface area contributed by atoms with Crippen molar-refractivity contribution in [3.63, 3.8) is 0 Å². The summed E-state index contributed by atoms with van der Waals surface area (Å²) in [5, 5.41) is 3.99. The topological polar surface area (TPSA) is 93.5 Å². The minimum absolute atomic E-state index is 0.0410. The van der Waals surface area contributed by atoms with Gasteiger partial charge in [0.1, 0.15) is 0 Å². The Kier molecular flexibility index (Phi) is 7.81. The lowest BCUT2D eigenvalue weighted by Gasteiger charge is -2.16. The summed E-state index contributed by atoms with van der Waals surface area (Å²) in [7, 11) is 0. The van der Waals surface area contributed by atoms with Crippen molar-refractivity contribution in [2.75, 3.05) is 32.0 Å². The van der Waals surface area contributed by atoms with E-state index in [1.165, 1.54) is 11.8 Å². The number of nitrogens with one attached hydrogen (secondary N) is 1. The van der Waals surface area contributed by atoms with Gasteiger partial charge in [-0.2, -0.15) is 0 Å². The molecule has 1 aromatic carbocycles. The number of likely N-dealkylation sites (tertiary alicyclic amines) is 1. The number of para-hydroxylation sites is 1. The van der Waals surface area contributed by atoms with Crippen LogP contribution in [0.15, 0.2) is 34.2 Å². The third-order valence-corrected chi connectivity index (χ3v) is 6.91. The van der Waals surface area contributed by atoms with Crippen LogP contribution in [0.5, 0.6) is 0 Å². The van der Waals surface area contributed by atoms with Crippen molar-refractivity contribution < 1.29 is 14.3 Å². The van der Waals surface area contributed by atoms with Gasteiger partial charge in [0.25, 0.3) is 5.56 Å². The first kappa shape index (κ1) is 22.8. The first-order valence-corrected chi connectivity index (χ1v) is 12.4. The van der Waals surface area contributed by atoms with Crippen molar-refractivity contribution in [2.24, 2.45) is 0 Å². The van der Waals surface area contributed by atoms with Gasteiger partial charge in [-0.1, -0.05) is 23.9 Å². The van der Waals surface area contributed by atoms with Crippen LogP contribution < -0.4 is 10.9 Å². The molecule has 8 nitrogen and oxygen atoms in total. The van der Waals surface area contributed by atoms with Gasteiger partial charge in [-0.3, -0.25) is 19.0 Å². The second-order valence-electron chi connectivity index (χ2n) is 8.29. The Balaban J connectivity index is 1.40. The minimum Gasteiger partial charge on any atom is -0.376 e. The van der Waals surface area contributed by atoms with Crippen LogP contribution in [0.2, 0.25) is 0 Å². The van der Waals surface area contributed by atoms with Crippen LogP contribution in [0.3, 0.4) is 0 Å². The van der Waals surface area contributed by atoms with Gasteiger partial charge >= 0.3 is 0 Å². The lowest BCUT2D eigenvalue weighted by Crippen LogP contribution is -2.32. The highest BCUT2D eigenvalue weighted by Gasteiger charge is 2.20. The third-order valence-electron chi connectivity index (χ3n) is 5.95.